The third-order valence-electron chi connectivity index (χ3n) is 3.08. The number of carbonyl (C=O) groups is 3. The minimum Gasteiger partial charge on any atom is -0.482 e. The highest BCUT2D eigenvalue weighted by molar-refractivity contribution is 5.90. The van der Waals surface area contributed by atoms with Gasteiger partial charge in [0.25, 0.3) is 5.91 Å². The van der Waals surface area contributed by atoms with E-state index in [-0.39, 0.29) is 18.4 Å². The van der Waals surface area contributed by atoms with E-state index in [1.54, 1.807) is 24.3 Å². The molecule has 0 aliphatic carbocycles. The Labute approximate surface area is 141 Å². The fourth-order valence-electron chi connectivity index (χ4n) is 2.09. The summed E-state index contributed by atoms with van der Waals surface area (Å²) in [6.45, 7) is 5.00. The van der Waals surface area contributed by atoms with Crippen LogP contribution in [0.5, 0.6) is 5.75 Å². The summed E-state index contributed by atoms with van der Waals surface area (Å²) in [6.07, 6.45) is 0.473. The van der Waals surface area contributed by atoms with Gasteiger partial charge in [0.15, 0.2) is 6.61 Å². The predicted octanol–water partition coefficient (Wildman–Crippen LogP) is 1.73. The lowest BCUT2D eigenvalue weighted by atomic mass is 10.0. The topological polar surface area (TPSA) is 93.7 Å². The average Bonchev–Trinajstić information content (AvgIpc) is 2.51. The molecule has 0 radical (unpaired) electrons. The molecule has 0 bridgehead atoms. The Kier molecular flexibility index (Phi) is 7.74. The molecule has 0 aliphatic rings. The van der Waals surface area contributed by atoms with Crippen molar-refractivity contribution >= 4 is 23.5 Å². The van der Waals surface area contributed by atoms with E-state index in [1.807, 2.05) is 13.8 Å². The molecule has 0 saturated heterocycles. The molecule has 2 N–H and O–H groups in total. The van der Waals surface area contributed by atoms with Crippen molar-refractivity contribution in [2.45, 2.75) is 33.2 Å². The minimum absolute atomic E-state index is 0.218. The SMILES string of the molecule is COC(=O)[C@H](CC(C)C)NC(=O)COc1ccccc1NC(C)=O. The third kappa shape index (κ3) is 6.68. The van der Waals surface area contributed by atoms with Gasteiger partial charge in [0.05, 0.1) is 12.8 Å². The van der Waals surface area contributed by atoms with Gasteiger partial charge in [-0.25, -0.2) is 4.79 Å². The lowest BCUT2D eigenvalue weighted by Crippen LogP contribution is -2.44. The van der Waals surface area contributed by atoms with E-state index in [2.05, 4.69) is 10.6 Å². The number of rotatable bonds is 8. The zero-order valence-corrected chi connectivity index (χ0v) is 14.4. The second-order valence-electron chi connectivity index (χ2n) is 5.74. The third-order valence-corrected chi connectivity index (χ3v) is 3.08. The van der Waals surface area contributed by atoms with E-state index in [0.717, 1.165) is 0 Å². The Bertz CT molecular complexity index is 586. The van der Waals surface area contributed by atoms with Crippen molar-refractivity contribution in [3.05, 3.63) is 24.3 Å². The van der Waals surface area contributed by atoms with Crippen LogP contribution in [0.25, 0.3) is 0 Å². The molecule has 0 spiro atoms. The highest BCUT2D eigenvalue weighted by Crippen LogP contribution is 2.23. The number of nitrogens with one attached hydrogen (secondary N) is 2. The molecular weight excluding hydrogens is 312 g/mol. The fraction of sp³-hybridized carbons (Fsp3) is 0.471. The molecule has 2 amide bonds. The molecule has 132 valence electrons. The van der Waals surface area contributed by atoms with Crippen LogP contribution >= 0.6 is 0 Å². The molecule has 1 rings (SSSR count). The quantitative estimate of drug-likeness (QED) is 0.705. The van der Waals surface area contributed by atoms with Gasteiger partial charge in [-0.05, 0) is 24.5 Å². The molecule has 0 saturated carbocycles. The van der Waals surface area contributed by atoms with Gasteiger partial charge in [-0.2, -0.15) is 0 Å². The molecule has 1 aromatic rings. The summed E-state index contributed by atoms with van der Waals surface area (Å²) < 4.78 is 10.1. The van der Waals surface area contributed by atoms with Crippen molar-refractivity contribution in [2.24, 2.45) is 5.92 Å². The molecule has 1 aromatic carbocycles. The van der Waals surface area contributed by atoms with E-state index in [1.165, 1.54) is 14.0 Å². The van der Waals surface area contributed by atoms with Gasteiger partial charge < -0.3 is 20.1 Å². The van der Waals surface area contributed by atoms with E-state index < -0.39 is 17.9 Å². The lowest BCUT2D eigenvalue weighted by molar-refractivity contribution is -0.145. The summed E-state index contributed by atoms with van der Waals surface area (Å²) in [4.78, 5) is 34.9. The van der Waals surface area contributed by atoms with Gasteiger partial charge in [0.2, 0.25) is 5.91 Å². The van der Waals surface area contributed by atoms with Gasteiger partial charge in [-0.15, -0.1) is 0 Å². The number of ether oxygens (including phenoxy) is 2. The average molecular weight is 336 g/mol. The van der Waals surface area contributed by atoms with Gasteiger partial charge in [-0.1, -0.05) is 26.0 Å². The van der Waals surface area contributed by atoms with Gasteiger partial charge >= 0.3 is 5.97 Å². The van der Waals surface area contributed by atoms with Crippen molar-refractivity contribution in [3.8, 4) is 5.75 Å². The number of para-hydroxylation sites is 2. The number of hydrogen-bond acceptors (Lipinski definition) is 5. The van der Waals surface area contributed by atoms with E-state index in [4.69, 9.17) is 9.47 Å². The number of hydrogen-bond donors (Lipinski definition) is 2. The number of anilines is 1. The van der Waals surface area contributed by atoms with Crippen LogP contribution in [-0.4, -0.2) is 37.5 Å². The molecule has 0 aromatic heterocycles. The lowest BCUT2D eigenvalue weighted by Gasteiger charge is -2.18. The van der Waals surface area contributed by atoms with Crippen LogP contribution in [0.2, 0.25) is 0 Å². The first kappa shape index (κ1) is 19.5. The second-order valence-corrected chi connectivity index (χ2v) is 5.74. The van der Waals surface area contributed by atoms with Crippen molar-refractivity contribution in [2.75, 3.05) is 19.0 Å². The summed E-state index contributed by atoms with van der Waals surface area (Å²) in [5.74, 6) is -0.574. The Balaban J connectivity index is 2.65. The first-order valence-electron chi connectivity index (χ1n) is 7.70. The highest BCUT2D eigenvalue weighted by atomic mass is 16.5. The number of esters is 1. The maximum Gasteiger partial charge on any atom is 0.328 e. The molecule has 0 heterocycles. The molecule has 24 heavy (non-hydrogen) atoms. The first-order chi connectivity index (χ1) is 11.3. The smallest absolute Gasteiger partial charge is 0.328 e. The highest BCUT2D eigenvalue weighted by Gasteiger charge is 2.22. The molecule has 0 unspecified atom stereocenters. The maximum atomic E-state index is 12.0. The zero-order valence-electron chi connectivity index (χ0n) is 14.4. The zero-order chi connectivity index (χ0) is 18.1. The number of benzene rings is 1. The van der Waals surface area contributed by atoms with Crippen molar-refractivity contribution < 1.29 is 23.9 Å². The van der Waals surface area contributed by atoms with E-state index in [9.17, 15) is 14.4 Å². The monoisotopic (exact) mass is 336 g/mol. The molecule has 7 nitrogen and oxygen atoms in total. The summed E-state index contributed by atoms with van der Waals surface area (Å²) in [5.41, 5.74) is 0.476. The van der Waals surface area contributed by atoms with Crippen LogP contribution in [0.1, 0.15) is 27.2 Å². The van der Waals surface area contributed by atoms with Crippen molar-refractivity contribution in [3.63, 3.8) is 0 Å². The van der Waals surface area contributed by atoms with Crippen LogP contribution < -0.4 is 15.4 Å². The largest absolute Gasteiger partial charge is 0.482 e. The molecule has 0 fully saturated rings. The Hall–Kier alpha value is -2.57. The van der Waals surface area contributed by atoms with Gasteiger partial charge in [0.1, 0.15) is 11.8 Å². The second kappa shape index (κ2) is 9.54. The van der Waals surface area contributed by atoms with Crippen LogP contribution in [0.3, 0.4) is 0 Å². The Morgan fingerprint density at radius 2 is 1.83 bits per heavy atom. The van der Waals surface area contributed by atoms with Gasteiger partial charge in [0, 0.05) is 6.92 Å². The first-order valence-corrected chi connectivity index (χ1v) is 7.70. The fourth-order valence-corrected chi connectivity index (χ4v) is 2.09. The van der Waals surface area contributed by atoms with Crippen LogP contribution in [0.15, 0.2) is 24.3 Å². The molecule has 7 heteroatoms. The number of methoxy groups -OCH3 is 1. The Morgan fingerprint density at radius 3 is 2.42 bits per heavy atom. The van der Waals surface area contributed by atoms with Crippen molar-refractivity contribution in [1.29, 1.82) is 0 Å². The summed E-state index contributed by atoms with van der Waals surface area (Å²) in [5, 5.41) is 5.23. The van der Waals surface area contributed by atoms with Crippen LogP contribution in [0.4, 0.5) is 5.69 Å². The van der Waals surface area contributed by atoms with E-state index in [0.29, 0.717) is 17.9 Å². The maximum absolute atomic E-state index is 12.0. The Morgan fingerprint density at radius 1 is 1.17 bits per heavy atom. The number of amides is 2. The summed E-state index contributed by atoms with van der Waals surface area (Å²) in [7, 11) is 1.28. The number of carbonyl (C=O) groups excluding carboxylic acids is 3. The van der Waals surface area contributed by atoms with Crippen LogP contribution in [0, 0.1) is 5.92 Å². The van der Waals surface area contributed by atoms with E-state index >= 15 is 0 Å². The van der Waals surface area contributed by atoms with Crippen molar-refractivity contribution in [1.82, 2.24) is 5.32 Å². The summed E-state index contributed by atoms with van der Waals surface area (Å²) in [6, 6.07) is 6.08. The summed E-state index contributed by atoms with van der Waals surface area (Å²) >= 11 is 0. The van der Waals surface area contributed by atoms with Gasteiger partial charge in [-0.3, -0.25) is 9.59 Å². The predicted molar refractivity (Wildman–Crippen MR) is 89.6 cm³/mol. The minimum atomic E-state index is -0.711. The standard InChI is InChI=1S/C17H24N2O5/c1-11(2)9-14(17(22)23-4)19-16(21)10-24-15-8-6-5-7-13(15)18-12(3)20/h5-8,11,14H,9-10H2,1-4H3,(H,18,20)(H,19,21)/t14-/m0/s1. The molecular formula is C17H24N2O5. The van der Waals surface area contributed by atoms with Crippen LogP contribution in [-0.2, 0) is 19.1 Å². The molecule has 1 atom stereocenters. The molecule has 0 aliphatic heterocycles. The normalized spacial score (nSPS) is 11.5.